The van der Waals surface area contributed by atoms with E-state index in [9.17, 15) is 9.59 Å². The molecule has 0 aromatic carbocycles. The minimum absolute atomic E-state index is 0.217. The van der Waals surface area contributed by atoms with Crippen molar-refractivity contribution in [2.24, 2.45) is 11.8 Å². The third kappa shape index (κ3) is 2.99. The van der Waals surface area contributed by atoms with E-state index in [4.69, 9.17) is 4.74 Å². The van der Waals surface area contributed by atoms with Gasteiger partial charge in [-0.1, -0.05) is 0 Å². The Labute approximate surface area is 102 Å². The van der Waals surface area contributed by atoms with Gasteiger partial charge >= 0.3 is 6.09 Å². The minimum Gasteiger partial charge on any atom is -0.444 e. The van der Waals surface area contributed by atoms with Crippen molar-refractivity contribution in [3.63, 3.8) is 0 Å². The van der Waals surface area contributed by atoms with Crippen LogP contribution in [0.3, 0.4) is 0 Å². The lowest BCUT2D eigenvalue weighted by molar-refractivity contribution is -0.128. The first kappa shape index (κ1) is 12.4. The van der Waals surface area contributed by atoms with Crippen molar-refractivity contribution in [3.05, 3.63) is 0 Å². The van der Waals surface area contributed by atoms with Crippen LogP contribution in [0.5, 0.6) is 0 Å². The van der Waals surface area contributed by atoms with Crippen molar-refractivity contribution in [2.45, 2.75) is 45.6 Å². The highest BCUT2D eigenvalue weighted by Gasteiger charge is 2.39. The normalized spacial score (nSPS) is 25.9. The third-order valence-corrected chi connectivity index (χ3v) is 3.52. The Hall–Kier alpha value is -1.06. The van der Waals surface area contributed by atoms with Crippen LogP contribution in [0.4, 0.5) is 4.79 Å². The van der Waals surface area contributed by atoms with E-state index in [-0.39, 0.29) is 6.09 Å². The Bertz CT molecular complexity index is 324. The molecule has 4 nitrogen and oxygen atoms in total. The van der Waals surface area contributed by atoms with E-state index in [1.54, 1.807) is 4.90 Å². The highest BCUT2D eigenvalue weighted by molar-refractivity contribution is 5.84. The summed E-state index contributed by atoms with van der Waals surface area (Å²) in [4.78, 5) is 24.6. The monoisotopic (exact) mass is 239 g/mol. The van der Waals surface area contributed by atoms with Gasteiger partial charge in [0.15, 0.2) is 0 Å². The van der Waals surface area contributed by atoms with Gasteiger partial charge in [-0.05, 0) is 39.0 Å². The number of likely N-dealkylation sites (tertiary alicyclic amines) is 1. The molecule has 0 N–H and O–H groups in total. The molecule has 17 heavy (non-hydrogen) atoms. The molecule has 0 aromatic heterocycles. The molecule has 96 valence electrons. The largest absolute Gasteiger partial charge is 0.444 e. The van der Waals surface area contributed by atoms with Crippen LogP contribution in [0.1, 0.15) is 40.0 Å². The maximum atomic E-state index is 11.8. The van der Waals surface area contributed by atoms with Crippen LogP contribution >= 0.6 is 0 Å². The Morgan fingerprint density at radius 3 is 2.47 bits per heavy atom. The summed E-state index contributed by atoms with van der Waals surface area (Å²) in [6.45, 7) is 7.16. The molecule has 0 bridgehead atoms. The van der Waals surface area contributed by atoms with Crippen molar-refractivity contribution in [2.75, 3.05) is 13.1 Å². The van der Waals surface area contributed by atoms with Crippen LogP contribution in [-0.2, 0) is 9.53 Å². The van der Waals surface area contributed by atoms with Crippen LogP contribution in [-0.4, -0.2) is 35.5 Å². The number of carbonyl (C=O) groups excluding carboxylic acids is 2. The molecule has 2 rings (SSSR count). The van der Waals surface area contributed by atoms with Gasteiger partial charge in [-0.2, -0.15) is 0 Å². The second-order valence-electron chi connectivity index (χ2n) is 6.18. The summed E-state index contributed by atoms with van der Waals surface area (Å²) < 4.78 is 5.34. The zero-order chi connectivity index (χ0) is 12.6. The van der Waals surface area contributed by atoms with Crippen LogP contribution < -0.4 is 0 Å². The van der Waals surface area contributed by atoms with E-state index in [1.807, 2.05) is 20.8 Å². The average Bonchev–Trinajstić information content (AvgIpc) is 2.58. The van der Waals surface area contributed by atoms with Crippen molar-refractivity contribution in [1.82, 2.24) is 4.90 Å². The fraction of sp³-hybridized carbons (Fsp3) is 0.846. The molecule has 1 heterocycles. The Balaban J connectivity index is 1.81. The van der Waals surface area contributed by atoms with E-state index in [2.05, 4.69) is 0 Å². The SMILES string of the molecule is CC(C)(C)OC(=O)N1CCC(C2CC(=O)C2)C1. The van der Waals surface area contributed by atoms with Crippen LogP contribution in [0.15, 0.2) is 0 Å². The molecular formula is C13H21NO3. The second-order valence-corrected chi connectivity index (χ2v) is 6.18. The van der Waals surface area contributed by atoms with Gasteiger partial charge < -0.3 is 9.64 Å². The number of Topliss-reactive ketones (excluding diaryl/α,β-unsaturated/α-hetero) is 1. The van der Waals surface area contributed by atoms with E-state index in [1.165, 1.54) is 0 Å². The highest BCUT2D eigenvalue weighted by Crippen LogP contribution is 2.36. The number of ketones is 1. The maximum absolute atomic E-state index is 11.8. The number of hydrogen-bond donors (Lipinski definition) is 0. The Kier molecular flexibility index (Phi) is 3.15. The summed E-state index contributed by atoms with van der Waals surface area (Å²) in [5.41, 5.74) is -0.429. The fourth-order valence-corrected chi connectivity index (χ4v) is 2.52. The van der Waals surface area contributed by atoms with Gasteiger partial charge in [0.2, 0.25) is 0 Å². The van der Waals surface area contributed by atoms with E-state index >= 15 is 0 Å². The van der Waals surface area contributed by atoms with E-state index in [0.29, 0.717) is 30.5 Å². The molecule has 1 saturated heterocycles. The summed E-state index contributed by atoms with van der Waals surface area (Å²) in [7, 11) is 0. The van der Waals surface area contributed by atoms with Crippen LogP contribution in [0.25, 0.3) is 0 Å². The Morgan fingerprint density at radius 2 is 1.94 bits per heavy atom. The van der Waals surface area contributed by atoms with Crippen LogP contribution in [0, 0.1) is 11.8 Å². The molecule has 0 aromatic rings. The van der Waals surface area contributed by atoms with E-state index < -0.39 is 5.60 Å². The van der Waals surface area contributed by atoms with Crippen molar-refractivity contribution in [1.29, 1.82) is 0 Å². The van der Waals surface area contributed by atoms with Gasteiger partial charge in [0, 0.05) is 25.9 Å². The van der Waals surface area contributed by atoms with Gasteiger partial charge in [0.1, 0.15) is 11.4 Å². The first-order valence-electron chi connectivity index (χ1n) is 6.35. The minimum atomic E-state index is -0.429. The van der Waals surface area contributed by atoms with E-state index in [0.717, 1.165) is 19.5 Å². The van der Waals surface area contributed by atoms with Gasteiger partial charge in [-0.15, -0.1) is 0 Å². The predicted octanol–water partition coefficient (Wildman–Crippen LogP) is 2.22. The second kappa shape index (κ2) is 4.31. The molecule has 1 unspecified atom stereocenters. The third-order valence-electron chi connectivity index (χ3n) is 3.52. The van der Waals surface area contributed by atoms with Crippen molar-refractivity contribution >= 4 is 11.9 Å². The van der Waals surface area contributed by atoms with Gasteiger partial charge in [0.05, 0.1) is 0 Å². The lowest BCUT2D eigenvalue weighted by atomic mass is 9.74. The Morgan fingerprint density at radius 1 is 1.29 bits per heavy atom. The summed E-state index contributed by atoms with van der Waals surface area (Å²) >= 11 is 0. The summed E-state index contributed by atoms with van der Waals surface area (Å²) in [6, 6.07) is 0. The predicted molar refractivity (Wildman–Crippen MR) is 63.6 cm³/mol. The maximum Gasteiger partial charge on any atom is 0.410 e. The molecule has 0 spiro atoms. The quantitative estimate of drug-likeness (QED) is 0.705. The number of rotatable bonds is 1. The lowest BCUT2D eigenvalue weighted by Gasteiger charge is -2.30. The average molecular weight is 239 g/mol. The molecule has 1 aliphatic carbocycles. The number of carbonyl (C=O) groups is 2. The molecule has 1 amide bonds. The number of nitrogens with zero attached hydrogens (tertiary/aromatic N) is 1. The first-order valence-corrected chi connectivity index (χ1v) is 6.35. The van der Waals surface area contributed by atoms with Gasteiger partial charge in [0.25, 0.3) is 0 Å². The molecule has 4 heteroatoms. The molecule has 2 aliphatic rings. The first-order chi connectivity index (χ1) is 7.85. The fourth-order valence-electron chi connectivity index (χ4n) is 2.52. The molecule has 1 aliphatic heterocycles. The molecule has 2 fully saturated rings. The molecular weight excluding hydrogens is 218 g/mol. The molecule has 0 radical (unpaired) electrons. The topological polar surface area (TPSA) is 46.6 Å². The molecule has 1 atom stereocenters. The smallest absolute Gasteiger partial charge is 0.410 e. The summed E-state index contributed by atoms with van der Waals surface area (Å²) in [5, 5.41) is 0. The summed E-state index contributed by atoms with van der Waals surface area (Å²) in [6.07, 6.45) is 2.22. The zero-order valence-corrected chi connectivity index (χ0v) is 10.9. The summed E-state index contributed by atoms with van der Waals surface area (Å²) in [5.74, 6) is 1.38. The van der Waals surface area contributed by atoms with Gasteiger partial charge in [-0.3, -0.25) is 4.79 Å². The number of amides is 1. The zero-order valence-electron chi connectivity index (χ0n) is 10.9. The highest BCUT2D eigenvalue weighted by atomic mass is 16.6. The number of hydrogen-bond acceptors (Lipinski definition) is 3. The van der Waals surface area contributed by atoms with Gasteiger partial charge in [-0.25, -0.2) is 4.79 Å². The standard InChI is InChI=1S/C13H21NO3/c1-13(2,3)17-12(16)14-5-4-9(8-14)10-6-11(15)7-10/h9-10H,4-8H2,1-3H3. The number of ether oxygens (including phenoxy) is 1. The van der Waals surface area contributed by atoms with Crippen molar-refractivity contribution in [3.8, 4) is 0 Å². The van der Waals surface area contributed by atoms with Crippen molar-refractivity contribution < 1.29 is 14.3 Å². The van der Waals surface area contributed by atoms with Crippen LogP contribution in [0.2, 0.25) is 0 Å². The molecule has 1 saturated carbocycles. The lowest BCUT2D eigenvalue weighted by Crippen LogP contribution is -2.37.